The van der Waals surface area contributed by atoms with Crippen molar-refractivity contribution in [3.8, 4) is 0 Å². The molecule has 4 rings (SSSR count). The lowest BCUT2D eigenvalue weighted by Gasteiger charge is -2.36. The number of amides is 3. The molecule has 1 atom stereocenters. The lowest BCUT2D eigenvalue weighted by Crippen LogP contribution is -2.49. The summed E-state index contributed by atoms with van der Waals surface area (Å²) in [5, 5.41) is 2.61. The van der Waals surface area contributed by atoms with E-state index in [-0.39, 0.29) is 43.5 Å². The van der Waals surface area contributed by atoms with Crippen molar-refractivity contribution >= 4 is 35.1 Å². The number of benzene rings is 2. The number of hydrogen-bond acceptors (Lipinski definition) is 7. The topological polar surface area (TPSA) is 103 Å². The molecule has 2 fully saturated rings. The normalized spacial score (nSPS) is 17.3. The summed E-state index contributed by atoms with van der Waals surface area (Å²) < 4.78 is 20.3. The van der Waals surface area contributed by atoms with Gasteiger partial charge in [-0.1, -0.05) is 24.3 Å². The van der Waals surface area contributed by atoms with Crippen molar-refractivity contribution in [3.05, 3.63) is 59.4 Å². The van der Waals surface area contributed by atoms with E-state index in [9.17, 15) is 19.2 Å². The van der Waals surface area contributed by atoms with Crippen molar-refractivity contribution in [3.63, 3.8) is 0 Å². The van der Waals surface area contributed by atoms with Gasteiger partial charge in [-0.05, 0) is 37.9 Å². The summed E-state index contributed by atoms with van der Waals surface area (Å²) in [5.41, 5.74) is 2.49. The highest BCUT2D eigenvalue weighted by Crippen LogP contribution is 2.28. The van der Waals surface area contributed by atoms with Crippen LogP contribution in [0.2, 0.25) is 0 Å². The predicted molar refractivity (Wildman–Crippen MR) is 149 cm³/mol. The first-order valence-corrected chi connectivity index (χ1v) is 13.4. The van der Waals surface area contributed by atoms with E-state index < -0.39 is 18.0 Å². The highest BCUT2D eigenvalue weighted by molar-refractivity contribution is 5.98. The zero-order valence-corrected chi connectivity index (χ0v) is 23.2. The molecule has 0 aliphatic carbocycles. The van der Waals surface area contributed by atoms with Gasteiger partial charge in [0, 0.05) is 58.1 Å². The van der Waals surface area contributed by atoms with E-state index in [1.54, 1.807) is 29.2 Å². The van der Waals surface area contributed by atoms with Gasteiger partial charge in [-0.25, -0.2) is 9.18 Å². The Kier molecular flexibility index (Phi) is 9.36. The molecule has 40 heavy (non-hydrogen) atoms. The number of anilines is 2. The quantitative estimate of drug-likeness (QED) is 0.452. The van der Waals surface area contributed by atoms with Gasteiger partial charge in [0.1, 0.15) is 11.9 Å². The monoisotopic (exact) mass is 553 g/mol. The van der Waals surface area contributed by atoms with Gasteiger partial charge in [0.25, 0.3) is 0 Å². The third-order valence-corrected chi connectivity index (χ3v) is 7.01. The van der Waals surface area contributed by atoms with Crippen LogP contribution in [0.1, 0.15) is 35.7 Å². The zero-order valence-electron chi connectivity index (χ0n) is 23.2. The predicted octanol–water partition coefficient (Wildman–Crippen LogP) is 2.66. The third kappa shape index (κ3) is 7.35. The Morgan fingerprint density at radius 3 is 2.35 bits per heavy atom. The van der Waals surface area contributed by atoms with Gasteiger partial charge in [-0.15, -0.1) is 0 Å². The summed E-state index contributed by atoms with van der Waals surface area (Å²) >= 11 is 0. The Morgan fingerprint density at radius 1 is 1.02 bits per heavy atom. The van der Waals surface area contributed by atoms with Gasteiger partial charge in [-0.2, -0.15) is 0 Å². The number of carbonyl (C=O) groups is 4. The Labute approximate surface area is 233 Å². The summed E-state index contributed by atoms with van der Waals surface area (Å²) in [7, 11) is 3.97. The molecular formula is C29H36FN5O5. The van der Waals surface area contributed by atoms with Crippen molar-refractivity contribution in [1.82, 2.24) is 15.1 Å². The number of ketones is 1. The van der Waals surface area contributed by atoms with Crippen LogP contribution >= 0.6 is 0 Å². The molecule has 11 heteroatoms. The number of hydrogen-bond donors (Lipinski definition) is 1. The van der Waals surface area contributed by atoms with Crippen LogP contribution in [0.25, 0.3) is 0 Å². The maximum Gasteiger partial charge on any atom is 0.414 e. The molecule has 10 nitrogen and oxygen atoms in total. The van der Waals surface area contributed by atoms with Crippen LogP contribution in [0.5, 0.6) is 0 Å². The van der Waals surface area contributed by atoms with E-state index in [0.29, 0.717) is 43.1 Å². The summed E-state index contributed by atoms with van der Waals surface area (Å²) in [6, 6.07) is 12.1. The molecule has 2 saturated heterocycles. The molecule has 0 saturated carbocycles. The molecule has 2 heterocycles. The average molecular weight is 554 g/mol. The molecule has 0 radical (unpaired) electrons. The minimum Gasteiger partial charge on any atom is -0.442 e. The van der Waals surface area contributed by atoms with Gasteiger partial charge in [0.2, 0.25) is 11.8 Å². The van der Waals surface area contributed by atoms with Gasteiger partial charge >= 0.3 is 6.09 Å². The van der Waals surface area contributed by atoms with E-state index in [1.165, 1.54) is 17.9 Å². The minimum atomic E-state index is -0.588. The zero-order chi connectivity index (χ0) is 28.8. The number of carbonyl (C=O) groups excluding carboxylic acids is 4. The smallest absolute Gasteiger partial charge is 0.414 e. The van der Waals surface area contributed by atoms with E-state index in [4.69, 9.17) is 4.74 Å². The molecule has 2 aliphatic rings. The molecule has 0 bridgehead atoms. The Hall–Kier alpha value is -3.99. The van der Waals surface area contributed by atoms with Crippen molar-refractivity contribution in [2.24, 2.45) is 0 Å². The first-order valence-electron chi connectivity index (χ1n) is 13.4. The fourth-order valence-corrected chi connectivity index (χ4v) is 4.90. The second kappa shape index (κ2) is 12.9. The first-order chi connectivity index (χ1) is 19.1. The maximum absolute atomic E-state index is 15.1. The highest BCUT2D eigenvalue weighted by Gasteiger charge is 2.33. The largest absolute Gasteiger partial charge is 0.442 e. The van der Waals surface area contributed by atoms with Gasteiger partial charge in [0.05, 0.1) is 24.5 Å². The van der Waals surface area contributed by atoms with Crippen LogP contribution in [0.3, 0.4) is 0 Å². The maximum atomic E-state index is 15.1. The van der Waals surface area contributed by atoms with Crippen molar-refractivity contribution in [2.75, 3.05) is 63.2 Å². The SMILES string of the molecule is CC(=O)NCC1CN(c2ccc(N3CCN(C(=O)CCC(=O)c4ccc(CN(C)C)cc4)CC3)c(F)c2)C(=O)O1. The number of nitrogens with zero attached hydrogens (tertiary/aromatic N) is 4. The number of piperazine rings is 1. The van der Waals surface area contributed by atoms with E-state index >= 15 is 4.39 Å². The molecule has 2 aromatic rings. The van der Waals surface area contributed by atoms with Crippen LogP contribution in [0.15, 0.2) is 42.5 Å². The standard InChI is InChI=1S/C29H36FN5O5/c1-20(36)31-17-24-19-35(29(39)40-24)23-8-9-26(25(30)16-23)33-12-14-34(15-13-33)28(38)11-10-27(37)22-6-4-21(5-7-22)18-32(2)3/h4-9,16,24H,10-15,17-19H2,1-3H3,(H,31,36). The van der Waals surface area contributed by atoms with Gasteiger partial charge < -0.3 is 24.8 Å². The molecular weight excluding hydrogens is 517 g/mol. The number of cyclic esters (lactones) is 1. The summed E-state index contributed by atoms with van der Waals surface area (Å²) in [6.07, 6.45) is -0.814. The van der Waals surface area contributed by atoms with Crippen LogP contribution in [0.4, 0.5) is 20.6 Å². The fourth-order valence-electron chi connectivity index (χ4n) is 4.90. The number of ether oxygens (including phenoxy) is 1. The Bertz CT molecular complexity index is 1240. The van der Waals surface area contributed by atoms with E-state index in [0.717, 1.165) is 12.1 Å². The number of halogens is 1. The summed E-state index contributed by atoms with van der Waals surface area (Å²) in [4.78, 5) is 55.7. The highest BCUT2D eigenvalue weighted by atomic mass is 19.1. The second-order valence-corrected chi connectivity index (χ2v) is 10.4. The second-order valence-electron chi connectivity index (χ2n) is 10.4. The molecule has 1 N–H and O–H groups in total. The minimum absolute atomic E-state index is 0.0612. The van der Waals surface area contributed by atoms with Crippen LogP contribution in [-0.4, -0.2) is 93.0 Å². The lowest BCUT2D eigenvalue weighted by atomic mass is 10.0. The molecule has 0 aromatic heterocycles. The number of Topliss-reactive ketones (excluding diaryl/α,β-unsaturated/α-hetero) is 1. The van der Waals surface area contributed by atoms with Crippen LogP contribution in [-0.2, 0) is 20.9 Å². The molecule has 214 valence electrons. The van der Waals surface area contributed by atoms with E-state index in [2.05, 4.69) is 10.2 Å². The Balaban J connectivity index is 1.25. The number of nitrogens with one attached hydrogen (secondary N) is 1. The van der Waals surface area contributed by atoms with E-state index in [1.807, 2.05) is 31.1 Å². The Morgan fingerprint density at radius 2 is 1.73 bits per heavy atom. The molecule has 1 unspecified atom stereocenters. The summed E-state index contributed by atoms with van der Waals surface area (Å²) in [6.45, 7) is 4.34. The average Bonchev–Trinajstić information content (AvgIpc) is 3.31. The first kappa shape index (κ1) is 29.0. The molecule has 0 spiro atoms. The van der Waals surface area contributed by atoms with Crippen molar-refractivity contribution in [1.29, 1.82) is 0 Å². The fraction of sp³-hybridized carbons (Fsp3) is 0.448. The summed E-state index contributed by atoms with van der Waals surface area (Å²) in [5.74, 6) is -0.845. The lowest BCUT2D eigenvalue weighted by molar-refractivity contribution is -0.131. The molecule has 2 aliphatic heterocycles. The molecule has 3 amide bonds. The van der Waals surface area contributed by atoms with Crippen LogP contribution in [0, 0.1) is 5.82 Å². The third-order valence-electron chi connectivity index (χ3n) is 7.01. The van der Waals surface area contributed by atoms with Crippen LogP contribution < -0.4 is 15.1 Å². The molecule has 2 aromatic carbocycles. The van der Waals surface area contributed by atoms with Crippen molar-refractivity contribution in [2.45, 2.75) is 32.4 Å². The van der Waals surface area contributed by atoms with Gasteiger partial charge in [0.15, 0.2) is 5.78 Å². The van der Waals surface area contributed by atoms with Crippen molar-refractivity contribution < 1.29 is 28.3 Å². The number of rotatable bonds is 10. The van der Waals surface area contributed by atoms with Gasteiger partial charge in [-0.3, -0.25) is 19.3 Å².